The topological polar surface area (TPSA) is 158 Å². The number of esters is 6. The lowest BCUT2D eigenvalue weighted by atomic mass is 9.68. The van der Waals surface area contributed by atoms with Crippen molar-refractivity contribution in [3.8, 4) is 0 Å². The van der Waals surface area contributed by atoms with Crippen LogP contribution in [0.5, 0.6) is 0 Å². The molecule has 0 aromatic rings. The van der Waals surface area contributed by atoms with Gasteiger partial charge in [-0.2, -0.15) is 0 Å². The van der Waals surface area contributed by atoms with Crippen molar-refractivity contribution in [2.75, 3.05) is 0 Å². The molecule has 0 saturated heterocycles. The standard InChI is InChI=1S/2C16H30O2.C15H28O2.C14H26O2.C12H22O2.C11H20O2/c1-7-15(5,6)13(17)18-16(14(2,3)4)11-9-8-10-12-16;1-5-7-11-16(12-9-8-10-13-16)18-14(17)15(3,4)6-2;1-5-10-15(11-8-7-9-12-15)17-13(16)14(3,4)6-2;1-5-13(3,4)12(15)16-14(6-2)10-8-7-9-11-14;1-4-10(3)11(13)14-12(5-2)8-6-7-9-12;1-4-9(2)10(12)13-11(3)7-5-6-8-11/h7-12H2,1-6H3;5-13H2,1-4H3;5-12H2,1-4H3;5-11H2,1-4H3;10H,4-9H2,1-3H3;9H,4-8H2,1-3H3. The fraction of sp³-hybridized carbons (Fsp3) is 0.929. The summed E-state index contributed by atoms with van der Waals surface area (Å²) >= 11 is 0. The molecule has 0 amide bonds. The third-order valence-corrected chi connectivity index (χ3v) is 24.1. The monoisotopic (exact) mass is 1360 g/mol. The van der Waals surface area contributed by atoms with Gasteiger partial charge in [-0.3, -0.25) is 28.8 Å². The first-order valence-corrected chi connectivity index (χ1v) is 40.1. The van der Waals surface area contributed by atoms with Gasteiger partial charge in [-0.05, 0) is 287 Å². The van der Waals surface area contributed by atoms with Crippen LogP contribution in [-0.4, -0.2) is 69.4 Å². The third-order valence-electron chi connectivity index (χ3n) is 24.1. The van der Waals surface area contributed by atoms with E-state index in [1.54, 1.807) is 0 Å². The molecule has 0 bridgehead atoms. The highest BCUT2D eigenvalue weighted by Crippen LogP contribution is 2.47. The molecule has 6 aliphatic carbocycles. The predicted octanol–water partition coefficient (Wildman–Crippen LogP) is 24.3. The lowest BCUT2D eigenvalue weighted by Gasteiger charge is -2.47. The first-order valence-electron chi connectivity index (χ1n) is 40.1. The molecule has 6 aliphatic rings. The Morgan fingerprint density at radius 1 is 0.323 bits per heavy atom. The van der Waals surface area contributed by atoms with Crippen LogP contribution < -0.4 is 0 Å². The Morgan fingerprint density at radius 2 is 0.594 bits per heavy atom. The molecule has 2 unspecified atom stereocenters. The molecule has 12 nitrogen and oxygen atoms in total. The zero-order valence-corrected chi connectivity index (χ0v) is 67.5. The number of hydrogen-bond donors (Lipinski definition) is 0. The minimum atomic E-state index is -0.365. The molecule has 0 spiro atoms. The van der Waals surface area contributed by atoms with Gasteiger partial charge in [0.05, 0.1) is 33.5 Å². The van der Waals surface area contributed by atoms with Gasteiger partial charge in [0, 0.05) is 5.41 Å². The fourth-order valence-electron chi connectivity index (χ4n) is 13.7. The van der Waals surface area contributed by atoms with E-state index in [9.17, 15) is 28.8 Å². The maximum atomic E-state index is 12.4. The van der Waals surface area contributed by atoms with Crippen LogP contribution in [0.2, 0.25) is 0 Å². The summed E-state index contributed by atoms with van der Waals surface area (Å²) in [7, 11) is 0. The van der Waals surface area contributed by atoms with Crippen molar-refractivity contribution in [3.05, 3.63) is 0 Å². The Balaban J connectivity index is 0.000000578. The van der Waals surface area contributed by atoms with Gasteiger partial charge >= 0.3 is 35.8 Å². The molecule has 0 radical (unpaired) electrons. The zero-order valence-electron chi connectivity index (χ0n) is 67.5. The van der Waals surface area contributed by atoms with Gasteiger partial charge in [0.15, 0.2) is 0 Å². The highest BCUT2D eigenvalue weighted by Gasteiger charge is 2.49. The van der Waals surface area contributed by atoms with Crippen LogP contribution in [0.25, 0.3) is 0 Å². The Bertz CT molecular complexity index is 2200. The van der Waals surface area contributed by atoms with E-state index in [1.807, 2.05) is 96.9 Å². The van der Waals surface area contributed by atoms with Crippen molar-refractivity contribution in [1.82, 2.24) is 0 Å². The van der Waals surface area contributed by atoms with E-state index >= 15 is 0 Å². The number of carbonyl (C=O) groups excluding carboxylic acids is 6. The summed E-state index contributed by atoms with van der Waals surface area (Å²) < 4.78 is 35.0. The van der Waals surface area contributed by atoms with Gasteiger partial charge in [-0.25, -0.2) is 0 Å². The van der Waals surface area contributed by atoms with Crippen molar-refractivity contribution in [3.63, 3.8) is 0 Å². The van der Waals surface area contributed by atoms with Crippen LogP contribution in [0.1, 0.15) is 429 Å². The molecular formula is C84H156O12. The number of hydrogen-bond acceptors (Lipinski definition) is 12. The van der Waals surface area contributed by atoms with E-state index < -0.39 is 0 Å². The molecule has 6 fully saturated rings. The van der Waals surface area contributed by atoms with Crippen molar-refractivity contribution >= 4 is 35.8 Å². The van der Waals surface area contributed by atoms with Crippen molar-refractivity contribution in [1.29, 1.82) is 0 Å². The summed E-state index contributed by atoms with van der Waals surface area (Å²) in [5.74, 6) is 0.0403. The molecule has 564 valence electrons. The first-order chi connectivity index (χ1) is 44.7. The van der Waals surface area contributed by atoms with Crippen molar-refractivity contribution in [2.45, 2.75) is 463 Å². The largest absolute Gasteiger partial charge is 0.459 e. The number of unbranched alkanes of at least 4 members (excludes halogenated alkanes) is 1. The molecule has 2 atom stereocenters. The Labute approximate surface area is 592 Å². The Hall–Kier alpha value is -3.18. The van der Waals surface area contributed by atoms with Crippen LogP contribution in [0.15, 0.2) is 0 Å². The summed E-state index contributed by atoms with van der Waals surface area (Å²) in [6.07, 6.45) is 44.7. The van der Waals surface area contributed by atoms with Gasteiger partial charge in [0.2, 0.25) is 0 Å². The van der Waals surface area contributed by atoms with Crippen molar-refractivity contribution in [2.24, 2.45) is 38.9 Å². The van der Waals surface area contributed by atoms with Crippen LogP contribution >= 0.6 is 0 Å². The summed E-state index contributed by atoms with van der Waals surface area (Å²) in [4.78, 5) is 72.2. The molecule has 0 N–H and O–H groups in total. The maximum Gasteiger partial charge on any atom is 0.312 e. The quantitative estimate of drug-likeness (QED) is 0.0630. The average molecular weight is 1360 g/mol. The summed E-state index contributed by atoms with van der Waals surface area (Å²) in [6.45, 7) is 49.3. The lowest BCUT2D eigenvalue weighted by molar-refractivity contribution is -0.190. The second-order valence-corrected chi connectivity index (χ2v) is 34.6. The second-order valence-electron chi connectivity index (χ2n) is 34.6. The summed E-state index contributed by atoms with van der Waals surface area (Å²) in [5.41, 5.74) is -2.30. The number of carbonyl (C=O) groups is 6. The fourth-order valence-corrected chi connectivity index (χ4v) is 13.7. The smallest absolute Gasteiger partial charge is 0.312 e. The van der Waals surface area contributed by atoms with Crippen LogP contribution in [0.3, 0.4) is 0 Å². The van der Waals surface area contributed by atoms with E-state index in [4.69, 9.17) is 28.4 Å². The highest BCUT2D eigenvalue weighted by atomic mass is 16.6. The van der Waals surface area contributed by atoms with Gasteiger partial charge < -0.3 is 28.4 Å². The Morgan fingerprint density at radius 3 is 0.896 bits per heavy atom. The normalized spacial score (nSPS) is 20.8. The lowest BCUT2D eigenvalue weighted by Crippen LogP contribution is -2.50. The second kappa shape index (κ2) is 42.3. The van der Waals surface area contributed by atoms with Gasteiger partial charge in [0.1, 0.15) is 33.6 Å². The van der Waals surface area contributed by atoms with E-state index in [2.05, 4.69) is 69.2 Å². The molecule has 6 saturated carbocycles. The molecular weight excluding hydrogens is 1200 g/mol. The molecule has 0 aliphatic heterocycles. The van der Waals surface area contributed by atoms with E-state index in [-0.39, 0.29) is 108 Å². The molecule has 0 heterocycles. The Kier molecular flexibility index (Phi) is 40.0. The van der Waals surface area contributed by atoms with Gasteiger partial charge in [0.25, 0.3) is 0 Å². The van der Waals surface area contributed by atoms with Crippen LogP contribution in [0, 0.1) is 38.9 Å². The van der Waals surface area contributed by atoms with Crippen LogP contribution in [-0.2, 0) is 57.2 Å². The molecule has 96 heavy (non-hydrogen) atoms. The summed E-state index contributed by atoms with van der Waals surface area (Å²) in [5, 5.41) is 0. The van der Waals surface area contributed by atoms with E-state index in [0.717, 1.165) is 148 Å². The van der Waals surface area contributed by atoms with E-state index in [0.29, 0.717) is 0 Å². The van der Waals surface area contributed by atoms with Gasteiger partial charge in [-0.15, -0.1) is 0 Å². The maximum absolute atomic E-state index is 12.4. The number of ether oxygens (including phenoxy) is 6. The SMILES string of the molecule is CCC(C)(C)C(=O)OC1(C(C)(C)C)CCCCC1.CCC(C)C(=O)OC1(C)CCCC1.CCC(C)C(=O)OC1(CC)CCCC1.CCC1(OC(=O)C(C)(C)CC)CCCCC1.CCCC1(OC(=O)C(C)(C)CC)CCCCC1.CCCCC1(OC(=O)C(C)(C)CC)CCCCC1. The predicted molar refractivity (Wildman–Crippen MR) is 398 cm³/mol. The number of rotatable bonds is 25. The summed E-state index contributed by atoms with van der Waals surface area (Å²) in [6, 6.07) is 0. The molecule has 6 rings (SSSR count). The minimum Gasteiger partial charge on any atom is -0.459 e. The van der Waals surface area contributed by atoms with E-state index in [1.165, 1.54) is 116 Å². The molecule has 12 heteroatoms. The first kappa shape index (κ1) is 90.8. The zero-order chi connectivity index (χ0) is 73.4. The third kappa shape index (κ3) is 29.8. The average Bonchev–Trinajstić information content (AvgIpc) is 1.39. The van der Waals surface area contributed by atoms with Crippen LogP contribution in [0.4, 0.5) is 0 Å². The van der Waals surface area contributed by atoms with Gasteiger partial charge in [-0.1, -0.05) is 142 Å². The van der Waals surface area contributed by atoms with Crippen molar-refractivity contribution < 1.29 is 57.2 Å². The molecule has 0 aromatic carbocycles. The molecule has 0 aromatic heterocycles. The minimum absolute atomic E-state index is 0.00278. The highest BCUT2D eigenvalue weighted by molar-refractivity contribution is 5.78.